The maximum Gasteiger partial charge on any atom is 0.418 e. The van der Waals surface area contributed by atoms with Crippen molar-refractivity contribution in [2.24, 2.45) is 5.10 Å². The molecule has 1 fully saturated rings. The number of halogens is 3. The number of hydrogen-bond donors (Lipinski definition) is 2. The van der Waals surface area contributed by atoms with Crippen LogP contribution in [-0.4, -0.2) is 37.1 Å². The Kier molecular flexibility index (Phi) is 3.76. The summed E-state index contributed by atoms with van der Waals surface area (Å²) in [7, 11) is 0. The topological polar surface area (TPSA) is 89.8 Å². The number of carbonyl (C=O) groups is 1. The van der Waals surface area contributed by atoms with E-state index >= 15 is 0 Å². The summed E-state index contributed by atoms with van der Waals surface area (Å²) in [5.41, 5.74) is 1.14. The average molecular weight is 377 g/mol. The van der Waals surface area contributed by atoms with E-state index in [0.717, 1.165) is 6.07 Å². The fourth-order valence-corrected chi connectivity index (χ4v) is 3.71. The minimum atomic E-state index is -4.58. The molecule has 0 unspecified atom stereocenters. The van der Waals surface area contributed by atoms with E-state index in [1.54, 1.807) is 11.8 Å². The predicted octanol–water partition coefficient (Wildman–Crippen LogP) is 2.09. The van der Waals surface area contributed by atoms with Crippen molar-refractivity contribution >= 4 is 29.8 Å². The number of anilines is 2. The van der Waals surface area contributed by atoms with Gasteiger partial charge < -0.3 is 15.0 Å². The van der Waals surface area contributed by atoms with E-state index in [-0.39, 0.29) is 37.2 Å². The first-order valence-corrected chi connectivity index (χ1v) is 8.37. The summed E-state index contributed by atoms with van der Waals surface area (Å²) in [5, 5.41) is 15.8. The van der Waals surface area contributed by atoms with Crippen LogP contribution >= 0.6 is 0 Å². The van der Waals surface area contributed by atoms with Crippen LogP contribution in [0.2, 0.25) is 12.6 Å². The third-order valence-electron chi connectivity index (χ3n) is 4.99. The number of alkyl halides is 3. The normalized spacial score (nSPS) is 20.3. The number of fused-ring (bicyclic) bond motifs is 3. The molecule has 0 radical (unpaired) electrons. The number of nitrogens with one attached hydrogen (secondary N) is 2. The molecule has 3 heterocycles. The summed E-state index contributed by atoms with van der Waals surface area (Å²) >= 11 is 0. The summed E-state index contributed by atoms with van der Waals surface area (Å²) in [6, 6.07) is 2.29. The zero-order valence-electron chi connectivity index (χ0n) is 14.4. The Morgan fingerprint density at radius 1 is 1.44 bits per heavy atom. The largest absolute Gasteiger partial charge is 0.483 e. The van der Waals surface area contributed by atoms with Crippen LogP contribution in [0.4, 0.5) is 24.5 Å². The van der Waals surface area contributed by atoms with Gasteiger partial charge in [-0.05, 0) is 31.7 Å². The number of hydrogen-bond acceptors (Lipinski definition) is 6. The van der Waals surface area contributed by atoms with Crippen molar-refractivity contribution in [2.45, 2.75) is 31.3 Å². The van der Waals surface area contributed by atoms with Crippen molar-refractivity contribution < 1.29 is 22.7 Å². The molecular formula is C16H15BF3N5O2. The lowest BCUT2D eigenvalue weighted by Crippen LogP contribution is -2.51. The van der Waals surface area contributed by atoms with Gasteiger partial charge in [0.25, 0.3) is 12.6 Å². The molecule has 2 N–H and O–H groups in total. The Morgan fingerprint density at radius 3 is 2.85 bits per heavy atom. The molecule has 0 bridgehead atoms. The van der Waals surface area contributed by atoms with Crippen molar-refractivity contribution in [3.63, 3.8) is 0 Å². The summed E-state index contributed by atoms with van der Waals surface area (Å²) in [4.78, 5) is 13.2. The third-order valence-corrected chi connectivity index (χ3v) is 4.99. The molecule has 1 amide bonds. The van der Waals surface area contributed by atoms with Gasteiger partial charge in [-0.25, -0.2) is 10.7 Å². The summed E-state index contributed by atoms with van der Waals surface area (Å²) in [6.07, 6.45) is -3.65. The smallest absolute Gasteiger partial charge is 0.418 e. The standard InChI is InChI=1S/C16H15BF3N5O2/c1-15(6-17(7-15)8-21)22-10-3-11-12(2-9(10)16(18,19)20)27-5-13-23-24-14(26)4-25(11)13/h2-3,22H,4-7H2,1H3,(H,24,26). The minimum Gasteiger partial charge on any atom is -0.483 e. The highest BCUT2D eigenvalue weighted by Gasteiger charge is 2.45. The molecule has 7 nitrogen and oxygen atoms in total. The quantitative estimate of drug-likeness (QED) is 0.771. The van der Waals surface area contributed by atoms with Crippen LogP contribution in [0.5, 0.6) is 5.75 Å². The second-order valence-electron chi connectivity index (χ2n) is 7.22. The Labute approximate surface area is 153 Å². The van der Waals surface area contributed by atoms with Gasteiger partial charge in [0.1, 0.15) is 18.9 Å². The summed E-state index contributed by atoms with van der Waals surface area (Å²) in [5.74, 6) is 2.25. The number of rotatable bonds is 2. The monoisotopic (exact) mass is 377 g/mol. The fraction of sp³-hybridized carbons (Fsp3) is 0.438. The van der Waals surface area contributed by atoms with E-state index in [1.165, 1.54) is 6.07 Å². The molecule has 11 heteroatoms. The van der Waals surface area contributed by atoms with Gasteiger partial charge in [-0.2, -0.15) is 18.3 Å². The van der Waals surface area contributed by atoms with E-state index < -0.39 is 17.3 Å². The third kappa shape index (κ3) is 3.05. The van der Waals surface area contributed by atoms with Crippen LogP contribution in [0, 0.1) is 11.2 Å². The average Bonchev–Trinajstić information content (AvgIpc) is 2.58. The maximum absolute atomic E-state index is 13.6. The molecule has 3 aliphatic heterocycles. The van der Waals surface area contributed by atoms with Crippen LogP contribution in [0.15, 0.2) is 17.2 Å². The number of ether oxygens (including phenoxy) is 1. The van der Waals surface area contributed by atoms with Crippen molar-refractivity contribution in [1.82, 2.24) is 5.43 Å². The molecule has 4 rings (SSSR count). The van der Waals surface area contributed by atoms with Gasteiger partial charge in [-0.3, -0.25) is 4.79 Å². The Bertz CT molecular complexity index is 889. The summed E-state index contributed by atoms with van der Waals surface area (Å²) < 4.78 is 46.2. The van der Waals surface area contributed by atoms with Gasteiger partial charge >= 0.3 is 6.18 Å². The van der Waals surface area contributed by atoms with E-state index in [0.29, 0.717) is 24.2 Å². The van der Waals surface area contributed by atoms with Crippen LogP contribution < -0.4 is 20.4 Å². The number of benzene rings is 1. The van der Waals surface area contributed by atoms with Gasteiger partial charge in [0.05, 0.1) is 11.3 Å². The maximum atomic E-state index is 13.6. The minimum absolute atomic E-state index is 0.0289. The zero-order valence-corrected chi connectivity index (χ0v) is 14.4. The molecule has 0 aliphatic carbocycles. The number of hydrazone groups is 1. The van der Waals surface area contributed by atoms with Gasteiger partial charge in [0.15, 0.2) is 5.84 Å². The van der Waals surface area contributed by atoms with Crippen LogP contribution in [0.25, 0.3) is 0 Å². The number of carbonyl (C=O) groups excluding carboxylic acids is 1. The van der Waals surface area contributed by atoms with E-state index in [2.05, 4.69) is 21.8 Å². The molecule has 1 aromatic carbocycles. The second kappa shape index (κ2) is 5.80. The van der Waals surface area contributed by atoms with Gasteiger partial charge in [0.2, 0.25) is 0 Å². The lowest BCUT2D eigenvalue weighted by Gasteiger charge is -2.43. The fourth-order valence-electron chi connectivity index (χ4n) is 3.71. The van der Waals surface area contributed by atoms with Crippen molar-refractivity contribution in [2.75, 3.05) is 23.4 Å². The van der Waals surface area contributed by atoms with Gasteiger partial charge in [-0.15, -0.1) is 0 Å². The van der Waals surface area contributed by atoms with E-state index in [9.17, 15) is 18.0 Å². The first-order valence-electron chi connectivity index (χ1n) is 8.37. The lowest BCUT2D eigenvalue weighted by molar-refractivity contribution is -0.137. The molecular weight excluding hydrogens is 362 g/mol. The number of nitriles is 1. The van der Waals surface area contributed by atoms with Gasteiger partial charge in [-0.1, -0.05) is 0 Å². The van der Waals surface area contributed by atoms with Crippen molar-refractivity contribution in [1.29, 1.82) is 5.26 Å². The molecule has 0 atom stereocenters. The Hall–Kier alpha value is -2.90. The predicted molar refractivity (Wildman–Crippen MR) is 92.9 cm³/mol. The zero-order chi connectivity index (χ0) is 19.4. The second-order valence-corrected chi connectivity index (χ2v) is 7.22. The lowest BCUT2D eigenvalue weighted by atomic mass is 9.30. The first-order chi connectivity index (χ1) is 12.7. The molecule has 0 aromatic heterocycles. The highest BCUT2D eigenvalue weighted by molar-refractivity contribution is 6.70. The Morgan fingerprint density at radius 2 is 2.19 bits per heavy atom. The molecule has 3 aliphatic rings. The van der Waals surface area contributed by atoms with Crippen LogP contribution in [0.3, 0.4) is 0 Å². The molecule has 1 aromatic rings. The highest BCUT2D eigenvalue weighted by Crippen LogP contribution is 2.46. The summed E-state index contributed by atoms with van der Waals surface area (Å²) in [6.45, 7) is 1.55. The van der Waals surface area contributed by atoms with E-state index in [4.69, 9.17) is 10.00 Å². The van der Waals surface area contributed by atoms with Gasteiger partial charge in [0, 0.05) is 17.2 Å². The SMILES string of the molecule is CC1(Nc2cc3c(cc2C(F)(F)F)OCC2=NNC(=O)CN23)CB(C#N)C1. The number of amides is 1. The Balaban J connectivity index is 1.75. The van der Waals surface area contributed by atoms with Crippen molar-refractivity contribution in [3.8, 4) is 11.7 Å². The van der Waals surface area contributed by atoms with Crippen LogP contribution in [0.1, 0.15) is 12.5 Å². The highest BCUT2D eigenvalue weighted by atomic mass is 19.4. The van der Waals surface area contributed by atoms with Crippen molar-refractivity contribution in [3.05, 3.63) is 17.7 Å². The molecule has 0 saturated carbocycles. The van der Waals surface area contributed by atoms with E-state index in [1.807, 2.05) is 0 Å². The first kappa shape index (κ1) is 17.5. The van der Waals surface area contributed by atoms with Crippen LogP contribution in [-0.2, 0) is 11.0 Å². The molecule has 0 spiro atoms. The molecule has 1 saturated heterocycles. The number of amidine groups is 1. The number of nitrogens with zero attached hydrogens (tertiary/aromatic N) is 3. The molecule has 27 heavy (non-hydrogen) atoms. The molecule has 140 valence electrons.